The molecule has 3 aliphatic heterocycles. The number of hydrogen-bond donors (Lipinski definition) is 1. The summed E-state index contributed by atoms with van der Waals surface area (Å²) in [5.74, 6) is 3.18. The van der Waals surface area contributed by atoms with Crippen LogP contribution in [0.1, 0.15) is 80.5 Å². The van der Waals surface area contributed by atoms with E-state index in [4.69, 9.17) is 0 Å². The Bertz CT molecular complexity index is 1510. The smallest absolute Gasteiger partial charge is 0.158 e. The fourth-order valence-electron chi connectivity index (χ4n) is 8.26. The SMILES string of the molecule is Cc1c(-c2[nH]c3c(c2C(C)C)C(C)C([C@@H]2CC4CC2CN4C2CCS(=O)(=O)CC2)S3)cn2ncnc2c1C. The summed E-state index contributed by atoms with van der Waals surface area (Å²) in [7, 11) is -2.80. The maximum atomic E-state index is 12.0. The number of H-pyrrole nitrogens is 1. The van der Waals surface area contributed by atoms with Crippen LogP contribution >= 0.6 is 11.8 Å². The van der Waals surface area contributed by atoms with Crippen LogP contribution in [0.2, 0.25) is 0 Å². The van der Waals surface area contributed by atoms with Crippen LogP contribution in [0.4, 0.5) is 0 Å². The van der Waals surface area contributed by atoms with Crippen molar-refractivity contribution in [2.24, 2.45) is 11.8 Å². The van der Waals surface area contributed by atoms with Crippen molar-refractivity contribution >= 4 is 27.2 Å². The minimum absolute atomic E-state index is 0.377. The van der Waals surface area contributed by atoms with Crippen LogP contribution in [-0.4, -0.2) is 68.3 Å². The molecule has 4 unspecified atom stereocenters. The lowest BCUT2D eigenvalue weighted by molar-refractivity contribution is 0.112. The molecule has 204 valence electrons. The van der Waals surface area contributed by atoms with Crippen molar-refractivity contribution in [1.29, 1.82) is 0 Å². The maximum Gasteiger partial charge on any atom is 0.158 e. The fraction of sp³-hybridized carbons (Fsp3) is 0.655. The lowest BCUT2D eigenvalue weighted by Gasteiger charge is -2.41. The molecule has 6 heterocycles. The molecule has 0 radical (unpaired) electrons. The van der Waals surface area contributed by atoms with Gasteiger partial charge in [0.25, 0.3) is 0 Å². The molecule has 4 aliphatic rings. The standard InChI is InChI=1S/C29H39N5O2S2/c1-15(2)24-25-18(5)27(22-11-21-10-19(22)12-33(21)20-6-8-38(35,36)9-7-20)37-29(25)32-26(24)23-13-34-28(30-14-31-34)17(4)16(23)3/h13-15,18-22,27,32H,6-12H2,1-5H3/t18?,19?,21?,22-,27?/m1/s1. The summed E-state index contributed by atoms with van der Waals surface area (Å²) < 4.78 is 25.8. The Kier molecular flexibility index (Phi) is 5.84. The first-order chi connectivity index (χ1) is 18.1. The summed E-state index contributed by atoms with van der Waals surface area (Å²) in [4.78, 5) is 11.1. The quantitative estimate of drug-likeness (QED) is 0.470. The second-order valence-corrected chi connectivity index (χ2v) is 16.1. The van der Waals surface area contributed by atoms with E-state index in [1.807, 2.05) is 4.52 Å². The molecule has 38 heavy (non-hydrogen) atoms. The van der Waals surface area contributed by atoms with Crippen molar-refractivity contribution in [2.75, 3.05) is 18.1 Å². The highest BCUT2D eigenvalue weighted by Crippen LogP contribution is 2.58. The van der Waals surface area contributed by atoms with Gasteiger partial charge in [-0.2, -0.15) is 5.10 Å². The third kappa shape index (κ3) is 3.74. The van der Waals surface area contributed by atoms with Crippen LogP contribution in [-0.2, 0) is 9.84 Å². The molecule has 1 aliphatic carbocycles. The van der Waals surface area contributed by atoms with Crippen LogP contribution in [0, 0.1) is 25.7 Å². The number of fused-ring (bicyclic) bond motifs is 4. The average Bonchev–Trinajstić information content (AvgIpc) is 3.68. The van der Waals surface area contributed by atoms with Gasteiger partial charge in [0.05, 0.1) is 22.2 Å². The number of nitrogens with one attached hydrogen (secondary N) is 1. The molecule has 0 amide bonds. The molecule has 1 saturated carbocycles. The third-order valence-corrected chi connectivity index (χ3v) is 13.6. The van der Waals surface area contributed by atoms with Crippen molar-refractivity contribution < 1.29 is 8.42 Å². The van der Waals surface area contributed by atoms with E-state index in [9.17, 15) is 8.42 Å². The first-order valence-corrected chi connectivity index (χ1v) is 17.0. The van der Waals surface area contributed by atoms with Crippen LogP contribution in [0.3, 0.4) is 0 Å². The van der Waals surface area contributed by atoms with Gasteiger partial charge in [0.2, 0.25) is 0 Å². The minimum atomic E-state index is -2.80. The van der Waals surface area contributed by atoms with Crippen LogP contribution < -0.4 is 0 Å². The normalized spacial score (nSPS) is 31.2. The molecule has 2 saturated heterocycles. The van der Waals surface area contributed by atoms with Crippen LogP contribution in [0.25, 0.3) is 16.9 Å². The summed E-state index contributed by atoms with van der Waals surface area (Å²) in [6.07, 6.45) is 8.00. The number of nitrogens with zero attached hydrogens (tertiary/aromatic N) is 4. The zero-order valence-electron chi connectivity index (χ0n) is 23.1. The number of aryl methyl sites for hydroxylation is 1. The van der Waals surface area contributed by atoms with Crippen molar-refractivity contribution in [3.05, 3.63) is 34.8 Å². The number of aromatic amines is 1. The van der Waals surface area contributed by atoms with Gasteiger partial charge in [-0.25, -0.2) is 17.9 Å². The molecule has 2 bridgehead atoms. The molecule has 3 fully saturated rings. The predicted molar refractivity (Wildman–Crippen MR) is 153 cm³/mol. The first kappa shape index (κ1) is 25.1. The third-order valence-electron chi connectivity index (χ3n) is 10.3. The number of sulfone groups is 1. The highest BCUT2D eigenvalue weighted by molar-refractivity contribution is 8.00. The van der Waals surface area contributed by atoms with E-state index in [1.54, 1.807) is 6.33 Å². The van der Waals surface area contributed by atoms with E-state index < -0.39 is 9.84 Å². The van der Waals surface area contributed by atoms with E-state index in [0.29, 0.717) is 40.7 Å². The van der Waals surface area contributed by atoms with Gasteiger partial charge in [0.1, 0.15) is 16.2 Å². The van der Waals surface area contributed by atoms with Gasteiger partial charge in [0, 0.05) is 35.6 Å². The molecule has 5 atom stereocenters. The monoisotopic (exact) mass is 553 g/mol. The van der Waals surface area contributed by atoms with E-state index >= 15 is 0 Å². The van der Waals surface area contributed by atoms with Gasteiger partial charge >= 0.3 is 0 Å². The fourth-order valence-corrected chi connectivity index (χ4v) is 11.4. The summed E-state index contributed by atoms with van der Waals surface area (Å²) in [6.45, 7) is 12.6. The Morgan fingerprint density at radius 3 is 2.55 bits per heavy atom. The van der Waals surface area contributed by atoms with Crippen molar-refractivity contribution in [2.45, 2.75) is 94.5 Å². The highest BCUT2D eigenvalue weighted by atomic mass is 32.2. The first-order valence-electron chi connectivity index (χ1n) is 14.3. The van der Waals surface area contributed by atoms with E-state index in [-0.39, 0.29) is 0 Å². The Morgan fingerprint density at radius 2 is 1.87 bits per heavy atom. The van der Waals surface area contributed by atoms with E-state index in [1.165, 1.54) is 51.4 Å². The molecule has 7 nitrogen and oxygen atoms in total. The van der Waals surface area contributed by atoms with Gasteiger partial charge in [-0.05, 0) is 85.5 Å². The molecular weight excluding hydrogens is 514 g/mol. The molecule has 9 heteroatoms. The Labute approximate surface area is 230 Å². The lowest BCUT2D eigenvalue weighted by atomic mass is 9.80. The van der Waals surface area contributed by atoms with E-state index in [2.05, 4.69) is 72.5 Å². The zero-order chi connectivity index (χ0) is 26.5. The van der Waals surface area contributed by atoms with Crippen molar-refractivity contribution in [3.8, 4) is 11.3 Å². The van der Waals surface area contributed by atoms with Gasteiger partial charge in [-0.1, -0.05) is 20.8 Å². The number of rotatable bonds is 4. The number of thioether (sulfide) groups is 1. The van der Waals surface area contributed by atoms with Crippen LogP contribution in [0.15, 0.2) is 17.6 Å². The highest BCUT2D eigenvalue weighted by Gasteiger charge is 2.52. The summed E-state index contributed by atoms with van der Waals surface area (Å²) in [6, 6.07) is 1.11. The van der Waals surface area contributed by atoms with Gasteiger partial charge < -0.3 is 4.98 Å². The Hall–Kier alpha value is -1.84. The number of likely N-dealkylation sites (tertiary alicyclic amines) is 1. The van der Waals surface area contributed by atoms with Gasteiger partial charge in [-0.3, -0.25) is 4.90 Å². The van der Waals surface area contributed by atoms with Gasteiger partial charge in [0.15, 0.2) is 5.65 Å². The Balaban J connectivity index is 1.15. The second-order valence-electron chi connectivity index (χ2n) is 12.6. The Morgan fingerprint density at radius 1 is 1.11 bits per heavy atom. The number of hydrogen-bond acceptors (Lipinski definition) is 6. The molecule has 3 aromatic rings. The van der Waals surface area contributed by atoms with E-state index in [0.717, 1.165) is 36.9 Å². The molecule has 0 aromatic carbocycles. The predicted octanol–water partition coefficient (Wildman–Crippen LogP) is 5.33. The number of piperidine rings is 1. The lowest BCUT2D eigenvalue weighted by Crippen LogP contribution is -2.47. The number of pyridine rings is 1. The minimum Gasteiger partial charge on any atom is -0.349 e. The van der Waals surface area contributed by atoms with Crippen molar-refractivity contribution in [3.63, 3.8) is 0 Å². The molecule has 3 aromatic heterocycles. The second kappa shape index (κ2) is 8.83. The molecular formula is C29H39N5O2S2. The largest absolute Gasteiger partial charge is 0.349 e. The molecule has 7 rings (SSSR count). The van der Waals surface area contributed by atoms with Crippen molar-refractivity contribution in [1.82, 2.24) is 24.5 Å². The van der Waals surface area contributed by atoms with Gasteiger partial charge in [-0.15, -0.1) is 11.8 Å². The summed E-state index contributed by atoms with van der Waals surface area (Å²) in [5.41, 5.74) is 8.88. The maximum absolute atomic E-state index is 12.0. The molecule has 0 spiro atoms. The summed E-state index contributed by atoms with van der Waals surface area (Å²) in [5, 5.41) is 6.43. The average molecular weight is 554 g/mol. The van der Waals surface area contributed by atoms with Crippen LogP contribution in [0.5, 0.6) is 0 Å². The zero-order valence-corrected chi connectivity index (χ0v) is 24.7. The number of aromatic nitrogens is 4. The summed E-state index contributed by atoms with van der Waals surface area (Å²) >= 11 is 2.09. The topological polar surface area (TPSA) is 83.4 Å². The molecule has 1 N–H and O–H groups in total.